The fourth-order valence-electron chi connectivity index (χ4n) is 8.89. The van der Waals surface area contributed by atoms with Gasteiger partial charge in [-0.25, -0.2) is 0 Å². The van der Waals surface area contributed by atoms with Crippen LogP contribution in [0.25, 0.3) is 53.2 Å². The van der Waals surface area contributed by atoms with Crippen molar-refractivity contribution in [3.8, 4) is 11.1 Å². The Labute approximate surface area is 305 Å². The Kier molecular flexibility index (Phi) is 6.37. The van der Waals surface area contributed by atoms with Gasteiger partial charge in [-0.15, -0.1) is 11.3 Å². The van der Waals surface area contributed by atoms with E-state index in [0.717, 1.165) is 39.0 Å². The second-order valence-corrected chi connectivity index (χ2v) is 14.7. The second kappa shape index (κ2) is 11.3. The van der Waals surface area contributed by atoms with E-state index >= 15 is 0 Å². The highest BCUT2D eigenvalue weighted by Gasteiger charge is 2.47. The third-order valence-electron chi connectivity index (χ3n) is 10.9. The van der Waals surface area contributed by atoms with Crippen molar-refractivity contribution in [3.63, 3.8) is 0 Å². The number of hydrogen-bond acceptors (Lipinski definition) is 3. The average Bonchev–Trinajstić information content (AvgIpc) is 3.87. The molecule has 11 rings (SSSR count). The van der Waals surface area contributed by atoms with Gasteiger partial charge < -0.3 is 9.32 Å². The van der Waals surface area contributed by atoms with Gasteiger partial charge in [0.15, 0.2) is 0 Å². The van der Waals surface area contributed by atoms with Crippen molar-refractivity contribution in [3.05, 3.63) is 210 Å². The van der Waals surface area contributed by atoms with E-state index in [9.17, 15) is 0 Å². The summed E-state index contributed by atoms with van der Waals surface area (Å²) < 4.78 is 9.46. The largest absolute Gasteiger partial charge is 0.456 e. The summed E-state index contributed by atoms with van der Waals surface area (Å²) in [7, 11) is 0. The molecule has 0 unspecified atom stereocenters. The Morgan fingerprint density at radius 3 is 1.85 bits per heavy atom. The van der Waals surface area contributed by atoms with Crippen molar-refractivity contribution in [1.29, 1.82) is 0 Å². The first-order valence-electron chi connectivity index (χ1n) is 17.8. The number of fused-ring (bicyclic) bond motifs is 9. The molecule has 0 aliphatic heterocycles. The van der Waals surface area contributed by atoms with E-state index in [1.165, 1.54) is 53.6 Å². The smallest absolute Gasteiger partial charge is 0.137 e. The predicted octanol–water partition coefficient (Wildman–Crippen LogP) is 13.8. The quantitative estimate of drug-likeness (QED) is 0.180. The Morgan fingerprint density at radius 2 is 1.06 bits per heavy atom. The molecule has 2 heterocycles. The van der Waals surface area contributed by atoms with Crippen LogP contribution in [0, 0.1) is 0 Å². The van der Waals surface area contributed by atoms with E-state index in [1.807, 2.05) is 11.3 Å². The summed E-state index contributed by atoms with van der Waals surface area (Å²) >= 11 is 1.85. The number of benzene rings is 8. The normalized spacial score (nSPS) is 13.2. The lowest BCUT2D eigenvalue weighted by Gasteiger charge is -2.34. The molecule has 0 atom stereocenters. The van der Waals surface area contributed by atoms with Gasteiger partial charge in [-0.1, -0.05) is 133 Å². The van der Waals surface area contributed by atoms with Crippen LogP contribution in [0.2, 0.25) is 0 Å². The topological polar surface area (TPSA) is 16.4 Å². The third kappa shape index (κ3) is 4.06. The molecule has 2 nitrogen and oxygen atoms in total. The summed E-state index contributed by atoms with van der Waals surface area (Å²) in [4.78, 5) is 2.38. The molecule has 0 fully saturated rings. The lowest BCUT2D eigenvalue weighted by molar-refractivity contribution is 0.667. The minimum atomic E-state index is -0.519. The highest BCUT2D eigenvalue weighted by atomic mass is 32.1. The zero-order valence-corrected chi connectivity index (χ0v) is 29.0. The summed E-state index contributed by atoms with van der Waals surface area (Å²) in [6, 6.07) is 68.3. The summed E-state index contributed by atoms with van der Waals surface area (Å²) in [5, 5.41) is 4.80. The van der Waals surface area contributed by atoms with Gasteiger partial charge in [0.25, 0.3) is 0 Å². The van der Waals surface area contributed by atoms with E-state index in [1.54, 1.807) is 0 Å². The average molecular weight is 682 g/mol. The number of hydrogen-bond donors (Lipinski definition) is 0. The van der Waals surface area contributed by atoms with Gasteiger partial charge in [0, 0.05) is 48.4 Å². The third-order valence-corrected chi connectivity index (χ3v) is 12.1. The van der Waals surface area contributed by atoms with Gasteiger partial charge in [-0.05, 0) is 81.9 Å². The van der Waals surface area contributed by atoms with E-state index in [-0.39, 0.29) is 0 Å². The summed E-state index contributed by atoms with van der Waals surface area (Å²) in [6.07, 6.45) is 0. The molecule has 0 amide bonds. The molecule has 0 bridgehead atoms. The van der Waals surface area contributed by atoms with Crippen LogP contribution in [0.15, 0.2) is 192 Å². The van der Waals surface area contributed by atoms with Crippen LogP contribution in [0.1, 0.15) is 22.3 Å². The van der Waals surface area contributed by atoms with Crippen LogP contribution < -0.4 is 4.90 Å². The van der Waals surface area contributed by atoms with Crippen LogP contribution in [0.5, 0.6) is 0 Å². The zero-order chi connectivity index (χ0) is 34.2. The molecular formula is C49H31NOS. The lowest BCUT2D eigenvalue weighted by atomic mass is 9.66. The first-order chi connectivity index (χ1) is 25.8. The standard InChI is InChI=1S/C49H31NOS/c1-3-15-32(16-4-1)49(39-22-10-7-19-35(39)36-20-8-11-23-40(36)49)41-24-13-26-43-47(41)37-30-29-34(31-44(37)51-43)50(33-17-5-2-6-18-33)42-25-14-28-46-48(42)38-21-9-12-27-45(38)52-46/h1-31H. The van der Waals surface area contributed by atoms with Crippen molar-refractivity contribution in [2.75, 3.05) is 4.90 Å². The summed E-state index contributed by atoms with van der Waals surface area (Å²) in [6.45, 7) is 0. The van der Waals surface area contributed by atoms with Crippen LogP contribution in [0.3, 0.4) is 0 Å². The molecule has 3 heteroatoms. The van der Waals surface area contributed by atoms with E-state index in [4.69, 9.17) is 4.42 Å². The van der Waals surface area contributed by atoms with Gasteiger partial charge in [0.1, 0.15) is 11.2 Å². The highest BCUT2D eigenvalue weighted by molar-refractivity contribution is 7.26. The molecule has 244 valence electrons. The Morgan fingerprint density at radius 1 is 0.423 bits per heavy atom. The Hall–Kier alpha value is -6.42. The molecule has 52 heavy (non-hydrogen) atoms. The SMILES string of the molecule is c1ccc(N(c2ccc3c(c2)oc2cccc(C4(c5ccccc5)c5ccccc5-c5ccccc54)c23)c2cccc3sc4ccccc4c23)cc1. The minimum absolute atomic E-state index is 0.519. The van der Waals surface area contributed by atoms with Crippen molar-refractivity contribution >= 4 is 70.5 Å². The van der Waals surface area contributed by atoms with Crippen LogP contribution in [-0.4, -0.2) is 0 Å². The van der Waals surface area contributed by atoms with Crippen molar-refractivity contribution in [1.82, 2.24) is 0 Å². The number of furan rings is 1. The van der Waals surface area contributed by atoms with Gasteiger partial charge >= 0.3 is 0 Å². The maximum absolute atomic E-state index is 6.89. The maximum atomic E-state index is 6.89. The van der Waals surface area contributed by atoms with Gasteiger partial charge in [0.2, 0.25) is 0 Å². The van der Waals surface area contributed by atoms with E-state index in [2.05, 4.69) is 193 Å². The van der Waals surface area contributed by atoms with Crippen molar-refractivity contribution in [2.24, 2.45) is 0 Å². The molecular weight excluding hydrogens is 651 g/mol. The number of nitrogens with zero attached hydrogens (tertiary/aromatic N) is 1. The van der Waals surface area contributed by atoms with Crippen LogP contribution in [-0.2, 0) is 5.41 Å². The minimum Gasteiger partial charge on any atom is -0.456 e. The first-order valence-corrected chi connectivity index (χ1v) is 18.6. The van der Waals surface area contributed by atoms with Gasteiger partial charge in [-0.2, -0.15) is 0 Å². The van der Waals surface area contributed by atoms with E-state index < -0.39 is 5.41 Å². The van der Waals surface area contributed by atoms with Gasteiger partial charge in [0.05, 0.1) is 11.1 Å². The predicted molar refractivity (Wildman–Crippen MR) is 219 cm³/mol. The van der Waals surface area contributed by atoms with Gasteiger partial charge in [-0.3, -0.25) is 0 Å². The number of rotatable bonds is 5. The second-order valence-electron chi connectivity index (χ2n) is 13.6. The molecule has 1 aliphatic rings. The molecule has 0 saturated carbocycles. The summed E-state index contributed by atoms with van der Waals surface area (Å²) in [5.74, 6) is 0. The zero-order valence-electron chi connectivity index (χ0n) is 28.2. The van der Waals surface area contributed by atoms with Crippen molar-refractivity contribution in [2.45, 2.75) is 5.41 Å². The van der Waals surface area contributed by atoms with Crippen LogP contribution in [0.4, 0.5) is 17.1 Å². The Balaban J connectivity index is 1.18. The fourth-order valence-corrected chi connectivity index (χ4v) is 10.0. The number of para-hydroxylation sites is 1. The molecule has 2 aromatic heterocycles. The fraction of sp³-hybridized carbons (Fsp3) is 0.0204. The monoisotopic (exact) mass is 681 g/mol. The molecule has 8 aromatic carbocycles. The number of thiophene rings is 1. The molecule has 0 N–H and O–H groups in total. The molecule has 1 aliphatic carbocycles. The molecule has 0 saturated heterocycles. The summed E-state index contributed by atoms with van der Waals surface area (Å²) in [5.41, 5.74) is 12.2. The van der Waals surface area contributed by atoms with E-state index in [0.29, 0.717) is 0 Å². The lowest BCUT2D eigenvalue weighted by Crippen LogP contribution is -2.28. The number of anilines is 3. The highest BCUT2D eigenvalue weighted by Crippen LogP contribution is 2.58. The van der Waals surface area contributed by atoms with Crippen LogP contribution >= 0.6 is 11.3 Å². The molecule has 0 spiro atoms. The Bertz CT molecular complexity index is 2930. The molecule has 0 radical (unpaired) electrons. The molecule has 10 aromatic rings. The van der Waals surface area contributed by atoms with Crippen molar-refractivity contribution < 1.29 is 4.42 Å². The first kappa shape index (κ1) is 29.3. The maximum Gasteiger partial charge on any atom is 0.137 e.